The topological polar surface area (TPSA) is 65.5 Å². The summed E-state index contributed by atoms with van der Waals surface area (Å²) in [6.45, 7) is 2.56. The molecule has 0 spiro atoms. The van der Waals surface area contributed by atoms with Crippen LogP contribution in [0.1, 0.15) is 13.3 Å². The second-order valence-corrected chi connectivity index (χ2v) is 4.71. The number of hydrogen-bond acceptors (Lipinski definition) is 2. The van der Waals surface area contributed by atoms with E-state index in [0.29, 0.717) is 6.54 Å². The van der Waals surface area contributed by atoms with Gasteiger partial charge in [-0.2, -0.15) is 32.9 Å². The number of nitrogens with one attached hydrogen (secondary N) is 2. The first-order valence-electron chi connectivity index (χ1n) is 5.12. The van der Waals surface area contributed by atoms with Crippen molar-refractivity contribution < 1.29 is 26.3 Å². The van der Waals surface area contributed by atoms with E-state index in [-0.39, 0.29) is 0 Å². The highest BCUT2D eigenvalue weighted by Gasteiger charge is 2.50. The van der Waals surface area contributed by atoms with E-state index in [4.69, 9.17) is 10.5 Å². The molecule has 4 nitrogen and oxygen atoms in total. The van der Waals surface area contributed by atoms with Crippen LogP contribution in [0.4, 0.5) is 26.3 Å². The molecule has 0 aromatic carbocycles. The number of hydrogen-bond donors (Lipinski definition) is 1. The molecule has 0 atom stereocenters. The Bertz CT molecular complexity index is 342. The highest BCUT2D eigenvalue weighted by atomic mass is 32.2. The Morgan fingerprint density at radius 3 is 1.65 bits per heavy atom. The second-order valence-electron chi connectivity index (χ2n) is 3.18. The second kappa shape index (κ2) is 9.75. The van der Waals surface area contributed by atoms with Crippen LogP contribution in [0.2, 0.25) is 0 Å². The van der Waals surface area contributed by atoms with Gasteiger partial charge < -0.3 is 10.3 Å². The molecule has 1 aromatic heterocycles. The molecule has 0 aliphatic heterocycles. The van der Waals surface area contributed by atoms with Gasteiger partial charge in [-0.25, -0.2) is 4.98 Å². The van der Waals surface area contributed by atoms with Crippen molar-refractivity contribution in [2.24, 2.45) is 7.05 Å². The van der Waals surface area contributed by atoms with Gasteiger partial charge in [0.25, 0.3) is 0 Å². The van der Waals surface area contributed by atoms with Crippen molar-refractivity contribution in [1.82, 2.24) is 9.55 Å². The number of nitrogens with zero attached hydrogens (tertiary/aromatic N) is 2. The van der Waals surface area contributed by atoms with Crippen molar-refractivity contribution in [2.45, 2.75) is 24.4 Å². The van der Waals surface area contributed by atoms with Gasteiger partial charge in [-0.3, -0.25) is 4.78 Å². The van der Waals surface area contributed by atoms with Gasteiger partial charge in [0.2, 0.25) is 0 Å². The van der Waals surface area contributed by atoms with Gasteiger partial charge in [0.15, 0.2) is 0 Å². The lowest BCUT2D eigenvalue weighted by atomic mass is 10.5. The molecule has 1 heterocycles. The van der Waals surface area contributed by atoms with E-state index < -0.39 is 21.7 Å². The summed E-state index contributed by atoms with van der Waals surface area (Å²) in [5, 5.41) is 0. The van der Waals surface area contributed by atoms with Crippen molar-refractivity contribution >= 4 is 10.7 Å². The predicted molar refractivity (Wildman–Crippen MR) is 64.9 cm³/mol. The Kier molecular flexibility index (Phi) is 10.3. The molecule has 1 rings (SSSR count). The quantitative estimate of drug-likeness (QED) is 0.770. The summed E-state index contributed by atoms with van der Waals surface area (Å²) in [6, 6.07) is 0. The van der Waals surface area contributed by atoms with Gasteiger partial charge in [0, 0.05) is 19.4 Å². The number of rotatable bonds is 1. The van der Waals surface area contributed by atoms with Gasteiger partial charge in [0.1, 0.15) is 10.7 Å². The number of imidazole rings is 1. The molecule has 20 heavy (non-hydrogen) atoms. The molecule has 1 aromatic rings. The van der Waals surface area contributed by atoms with Crippen LogP contribution in [0.25, 0.3) is 5.73 Å². The maximum Gasteiger partial charge on any atom is 0.460 e. The lowest BCUT2D eigenvalue weighted by Crippen LogP contribution is -2.28. The van der Waals surface area contributed by atoms with E-state index in [1.165, 1.54) is 0 Å². The van der Waals surface area contributed by atoms with Gasteiger partial charge in [0.05, 0.1) is 6.33 Å². The number of aryl methyl sites for hydroxylation is 1. The van der Waals surface area contributed by atoms with E-state index >= 15 is 0 Å². The minimum absolute atomic E-state index is 0.569. The molecular formula is C9H15F6N4S-. The van der Waals surface area contributed by atoms with Crippen LogP contribution in [-0.4, -0.2) is 27.1 Å². The molecule has 0 unspecified atom stereocenters. The van der Waals surface area contributed by atoms with Gasteiger partial charge in [-0.1, -0.05) is 13.3 Å². The first-order valence-corrected chi connectivity index (χ1v) is 6.35. The van der Waals surface area contributed by atoms with Crippen molar-refractivity contribution in [3.8, 4) is 0 Å². The molecule has 0 saturated heterocycles. The summed E-state index contributed by atoms with van der Waals surface area (Å²) in [7, 11) is -2.32. The van der Waals surface area contributed by atoms with Crippen molar-refractivity contribution in [1.29, 1.82) is 4.78 Å². The van der Waals surface area contributed by atoms with Crippen LogP contribution in [0.3, 0.4) is 0 Å². The molecule has 120 valence electrons. The lowest BCUT2D eigenvalue weighted by Gasteiger charge is -2.11. The molecule has 0 fully saturated rings. The maximum atomic E-state index is 11.0. The van der Waals surface area contributed by atoms with Crippen molar-refractivity contribution in [3.05, 3.63) is 24.5 Å². The standard InChI is InChI=1S/C4H6N2.C3H8N.C2HF6NS/c1-6-3-2-5-4-6;1-2-3-4;3-1(4,5)10(9)2(6,7)8/h2-4H,1H3;4H,2-3H2,1H3;9H/q;-1;. The third-order valence-corrected chi connectivity index (χ3v) is 2.28. The zero-order valence-corrected chi connectivity index (χ0v) is 11.5. The smallest absolute Gasteiger partial charge is 0.460 e. The highest BCUT2D eigenvalue weighted by molar-refractivity contribution is 7.87. The number of alkyl halides is 6. The molecular weight excluding hydrogens is 310 g/mol. The normalized spacial score (nSPS) is 11.3. The largest absolute Gasteiger partial charge is 0.677 e. The molecule has 2 N–H and O–H groups in total. The van der Waals surface area contributed by atoms with Crippen LogP contribution in [0.5, 0.6) is 0 Å². The summed E-state index contributed by atoms with van der Waals surface area (Å²) in [5.41, 5.74) is -4.52. The molecule has 0 amide bonds. The monoisotopic (exact) mass is 325 g/mol. The van der Waals surface area contributed by atoms with Crippen molar-refractivity contribution in [2.75, 3.05) is 6.54 Å². The van der Waals surface area contributed by atoms with Gasteiger partial charge in [-0.15, -0.1) is 0 Å². The summed E-state index contributed by atoms with van der Waals surface area (Å²) in [6.07, 6.45) is 6.38. The first-order chi connectivity index (χ1) is 8.96. The average Bonchev–Trinajstić information content (AvgIpc) is 2.78. The van der Waals surface area contributed by atoms with E-state index in [1.807, 2.05) is 24.7 Å². The SMILES string of the molecule is CCC[NH-].Cn1ccnc1.N=S(C(F)(F)F)C(F)(F)F. The van der Waals surface area contributed by atoms with Crippen LogP contribution in [0.15, 0.2) is 18.7 Å². The third kappa shape index (κ3) is 12.0. The van der Waals surface area contributed by atoms with Crippen molar-refractivity contribution in [3.63, 3.8) is 0 Å². The fourth-order valence-corrected chi connectivity index (χ4v) is 0.719. The molecule has 0 radical (unpaired) electrons. The van der Waals surface area contributed by atoms with Gasteiger partial charge in [-0.05, 0) is 0 Å². The molecule has 11 heteroatoms. The first kappa shape index (κ1) is 21.2. The van der Waals surface area contributed by atoms with E-state index in [0.717, 1.165) is 6.42 Å². The predicted octanol–water partition coefficient (Wildman–Crippen LogP) is 4.28. The summed E-state index contributed by atoms with van der Waals surface area (Å²) in [4.78, 5) is 3.78. The number of halogens is 6. The summed E-state index contributed by atoms with van der Waals surface area (Å²) < 4.78 is 73.8. The third-order valence-electron chi connectivity index (χ3n) is 1.35. The molecule has 0 saturated carbocycles. The Hall–Kier alpha value is -1.10. The van der Waals surface area contributed by atoms with Gasteiger partial charge >= 0.3 is 11.0 Å². The highest BCUT2D eigenvalue weighted by Crippen LogP contribution is 2.33. The van der Waals surface area contributed by atoms with E-state index in [9.17, 15) is 26.3 Å². The number of aromatic nitrogens is 2. The maximum absolute atomic E-state index is 11.0. The fraction of sp³-hybridized carbons (Fsp3) is 0.667. The zero-order valence-electron chi connectivity index (χ0n) is 10.7. The van der Waals surface area contributed by atoms with E-state index in [1.54, 1.807) is 12.5 Å². The molecule has 0 aliphatic carbocycles. The fourth-order valence-electron chi connectivity index (χ4n) is 0.457. The van der Waals surface area contributed by atoms with E-state index in [2.05, 4.69) is 4.98 Å². The van der Waals surface area contributed by atoms with Crippen LogP contribution < -0.4 is 0 Å². The molecule has 0 aliphatic rings. The minimum atomic E-state index is -5.49. The zero-order chi connectivity index (χ0) is 16.4. The van der Waals surface area contributed by atoms with Crippen LogP contribution >= 0.6 is 0 Å². The average molecular weight is 325 g/mol. The summed E-state index contributed by atoms with van der Waals surface area (Å²) >= 11 is 0. The Balaban J connectivity index is 0. The molecule has 0 bridgehead atoms. The Morgan fingerprint density at radius 1 is 1.20 bits per heavy atom. The Morgan fingerprint density at radius 2 is 1.60 bits per heavy atom. The van der Waals surface area contributed by atoms with Crippen LogP contribution in [-0.2, 0) is 17.7 Å². The summed E-state index contributed by atoms with van der Waals surface area (Å²) in [5.74, 6) is 0. The lowest BCUT2D eigenvalue weighted by molar-refractivity contribution is -0.0754. The van der Waals surface area contributed by atoms with Crippen LogP contribution in [0, 0.1) is 4.78 Å². The minimum Gasteiger partial charge on any atom is -0.677 e. The Labute approximate surface area is 114 Å².